The average Bonchev–Trinajstić information content (AvgIpc) is 3.14. The van der Waals surface area contributed by atoms with E-state index in [4.69, 9.17) is 19.1 Å². The molecule has 0 saturated carbocycles. The summed E-state index contributed by atoms with van der Waals surface area (Å²) in [5.41, 5.74) is 0. The Kier molecular flexibility index (Phi) is 36.3. The fourth-order valence-corrected chi connectivity index (χ4v) is 5.82. The van der Waals surface area contributed by atoms with Gasteiger partial charge in [-0.2, -0.15) is 0 Å². The van der Waals surface area contributed by atoms with Crippen LogP contribution in [0.4, 0.5) is 0 Å². The number of ether oxygens (including phenoxy) is 2. The van der Waals surface area contributed by atoms with Gasteiger partial charge in [-0.3, -0.25) is 18.6 Å². The molecule has 0 spiro atoms. The first-order valence-electron chi connectivity index (χ1n) is 20.2. The van der Waals surface area contributed by atoms with Gasteiger partial charge in [0.05, 0.1) is 19.8 Å². The number of allylic oxidation sites excluding steroid dienone is 10. The number of esters is 2. The van der Waals surface area contributed by atoms with Crippen molar-refractivity contribution in [3.8, 4) is 0 Å². The summed E-state index contributed by atoms with van der Waals surface area (Å²) in [6, 6.07) is 0. The van der Waals surface area contributed by atoms with Crippen molar-refractivity contribution in [1.29, 1.82) is 0 Å². The Morgan fingerprint density at radius 1 is 0.566 bits per heavy atom. The molecule has 0 heterocycles. The van der Waals surface area contributed by atoms with Crippen molar-refractivity contribution in [3.63, 3.8) is 0 Å². The van der Waals surface area contributed by atoms with E-state index in [0.717, 1.165) is 44.9 Å². The van der Waals surface area contributed by atoms with E-state index in [1.165, 1.54) is 70.6 Å². The second kappa shape index (κ2) is 38.0. The number of phosphoric acid groups is 1. The molecule has 0 fully saturated rings. The van der Waals surface area contributed by atoms with Crippen LogP contribution in [0, 0.1) is 0 Å². The number of aliphatic hydroxyl groups is 2. The van der Waals surface area contributed by atoms with Gasteiger partial charge in [0, 0.05) is 12.8 Å². The molecule has 0 aliphatic rings. The molecule has 3 N–H and O–H groups in total. The average molecular weight is 769 g/mol. The quantitative estimate of drug-likeness (QED) is 0.0241. The number of rotatable bonds is 37. The Bertz CT molecular complexity index is 1070. The molecule has 53 heavy (non-hydrogen) atoms. The number of carbonyl (C=O) groups is 2. The highest BCUT2D eigenvalue weighted by Crippen LogP contribution is 2.43. The Labute approximate surface area is 321 Å². The summed E-state index contributed by atoms with van der Waals surface area (Å²) in [7, 11) is -4.63. The number of carbonyl (C=O) groups excluding carboxylic acids is 2. The third-order valence-electron chi connectivity index (χ3n) is 8.19. The van der Waals surface area contributed by atoms with E-state index < -0.39 is 51.8 Å². The molecular formula is C42H73O10P. The number of phosphoric ester groups is 1. The topological polar surface area (TPSA) is 149 Å². The molecule has 306 valence electrons. The summed E-state index contributed by atoms with van der Waals surface area (Å²) >= 11 is 0. The molecule has 0 bridgehead atoms. The van der Waals surface area contributed by atoms with Gasteiger partial charge in [-0.1, -0.05) is 152 Å². The molecule has 0 rings (SSSR count). The van der Waals surface area contributed by atoms with Crippen molar-refractivity contribution in [1.82, 2.24) is 0 Å². The highest BCUT2D eigenvalue weighted by molar-refractivity contribution is 7.47. The lowest BCUT2D eigenvalue weighted by Gasteiger charge is -2.20. The molecule has 10 nitrogen and oxygen atoms in total. The van der Waals surface area contributed by atoms with Crippen LogP contribution in [0.5, 0.6) is 0 Å². The van der Waals surface area contributed by atoms with Crippen molar-refractivity contribution in [3.05, 3.63) is 60.8 Å². The maximum Gasteiger partial charge on any atom is 0.472 e. The smallest absolute Gasteiger partial charge is 0.462 e. The highest BCUT2D eigenvalue weighted by atomic mass is 31.2. The van der Waals surface area contributed by atoms with Crippen LogP contribution < -0.4 is 0 Å². The maximum atomic E-state index is 12.5. The van der Waals surface area contributed by atoms with Crippen molar-refractivity contribution < 1.29 is 47.8 Å². The predicted molar refractivity (Wildman–Crippen MR) is 214 cm³/mol. The third-order valence-corrected chi connectivity index (χ3v) is 9.14. The fraction of sp³-hybridized carbons (Fsp3) is 0.714. The van der Waals surface area contributed by atoms with Gasteiger partial charge >= 0.3 is 19.8 Å². The summed E-state index contributed by atoms with van der Waals surface area (Å²) in [6.07, 6.45) is 40.6. The van der Waals surface area contributed by atoms with E-state index in [0.29, 0.717) is 12.8 Å². The van der Waals surface area contributed by atoms with Gasteiger partial charge in [-0.05, 0) is 51.4 Å². The zero-order chi connectivity index (χ0) is 39.1. The van der Waals surface area contributed by atoms with E-state index in [-0.39, 0.29) is 19.4 Å². The molecular weight excluding hydrogens is 695 g/mol. The number of aliphatic hydroxyl groups excluding tert-OH is 2. The van der Waals surface area contributed by atoms with Crippen LogP contribution in [0.15, 0.2) is 60.8 Å². The summed E-state index contributed by atoms with van der Waals surface area (Å²) in [4.78, 5) is 34.8. The number of hydrogen-bond acceptors (Lipinski definition) is 9. The summed E-state index contributed by atoms with van der Waals surface area (Å²) in [5, 5.41) is 18.3. The van der Waals surface area contributed by atoms with E-state index >= 15 is 0 Å². The van der Waals surface area contributed by atoms with Crippen LogP contribution in [0.2, 0.25) is 0 Å². The minimum Gasteiger partial charge on any atom is -0.462 e. The lowest BCUT2D eigenvalue weighted by molar-refractivity contribution is -0.161. The molecule has 0 amide bonds. The second-order valence-electron chi connectivity index (χ2n) is 13.3. The molecule has 0 aliphatic heterocycles. The van der Waals surface area contributed by atoms with Crippen LogP contribution in [0.3, 0.4) is 0 Å². The Hall–Kier alpha value is -2.33. The van der Waals surface area contributed by atoms with E-state index in [2.05, 4.69) is 67.0 Å². The highest BCUT2D eigenvalue weighted by Gasteiger charge is 2.27. The lowest BCUT2D eigenvalue weighted by atomic mass is 10.1. The minimum absolute atomic E-state index is 0.117. The van der Waals surface area contributed by atoms with E-state index in [1.54, 1.807) is 0 Å². The fourth-order valence-electron chi connectivity index (χ4n) is 5.03. The van der Waals surface area contributed by atoms with Crippen molar-refractivity contribution in [2.75, 3.05) is 26.4 Å². The zero-order valence-electron chi connectivity index (χ0n) is 33.0. The van der Waals surface area contributed by atoms with E-state index in [9.17, 15) is 24.2 Å². The molecule has 1 unspecified atom stereocenters. The normalized spacial score (nSPS) is 14.6. The molecule has 0 aromatic heterocycles. The first kappa shape index (κ1) is 50.7. The molecule has 0 aromatic carbocycles. The number of hydrogen-bond donors (Lipinski definition) is 3. The molecule has 0 radical (unpaired) electrons. The minimum atomic E-state index is -4.63. The molecule has 11 heteroatoms. The van der Waals surface area contributed by atoms with Gasteiger partial charge < -0.3 is 24.6 Å². The van der Waals surface area contributed by atoms with Crippen LogP contribution in [0.25, 0.3) is 0 Å². The van der Waals surface area contributed by atoms with Crippen LogP contribution >= 0.6 is 7.82 Å². The van der Waals surface area contributed by atoms with Gasteiger partial charge in [-0.25, -0.2) is 4.57 Å². The van der Waals surface area contributed by atoms with Crippen LogP contribution in [-0.2, 0) is 32.7 Å². The SMILES string of the molecule is CCCCC/C=C/C/C=C/C/C=C/C/C=C/C/C=C/CCC(=O)OC[C@@H](COP(=O)(O)OC[C@H](O)CO)OC(=O)CCCCCCCCCCCCC. The van der Waals surface area contributed by atoms with Gasteiger partial charge in [0.25, 0.3) is 0 Å². The van der Waals surface area contributed by atoms with Gasteiger partial charge in [0.15, 0.2) is 6.10 Å². The third kappa shape index (κ3) is 37.8. The zero-order valence-corrected chi connectivity index (χ0v) is 33.9. The van der Waals surface area contributed by atoms with Crippen LogP contribution in [0.1, 0.15) is 155 Å². The van der Waals surface area contributed by atoms with Crippen molar-refractivity contribution in [2.45, 2.75) is 167 Å². The lowest BCUT2D eigenvalue weighted by Crippen LogP contribution is -2.29. The summed E-state index contributed by atoms with van der Waals surface area (Å²) < 4.78 is 32.5. The molecule has 0 aliphatic carbocycles. The van der Waals surface area contributed by atoms with Crippen molar-refractivity contribution in [2.24, 2.45) is 0 Å². The summed E-state index contributed by atoms with van der Waals surface area (Å²) in [5.74, 6) is -1.02. The first-order valence-corrected chi connectivity index (χ1v) is 21.7. The number of unbranched alkanes of at least 4 members (excludes halogenated alkanes) is 13. The monoisotopic (exact) mass is 768 g/mol. The van der Waals surface area contributed by atoms with Gasteiger partial charge in [-0.15, -0.1) is 0 Å². The standard InChI is InChI=1S/C42H73O10P/c1-3-5-7-9-11-13-15-16-17-18-19-20-21-22-24-25-27-29-31-33-41(45)49-37-40(38-51-53(47,48)50-36-39(44)35-43)52-42(46)34-32-30-28-26-23-14-12-10-8-6-4-2/h11,13,16-17,19-20,22,24,27,29,39-40,43-44H,3-10,12,14-15,18,21,23,25-26,28,30-38H2,1-2H3,(H,47,48)/b13-11+,17-16+,20-19+,24-22+,29-27+/t39-,40+/m1/s1. The van der Waals surface area contributed by atoms with Gasteiger partial charge in [0.2, 0.25) is 0 Å². The first-order chi connectivity index (χ1) is 25.7. The van der Waals surface area contributed by atoms with Gasteiger partial charge in [0.1, 0.15) is 12.7 Å². The second-order valence-corrected chi connectivity index (χ2v) is 14.8. The molecule has 3 atom stereocenters. The maximum absolute atomic E-state index is 12.5. The predicted octanol–water partition coefficient (Wildman–Crippen LogP) is 10.3. The van der Waals surface area contributed by atoms with Crippen LogP contribution in [-0.4, -0.2) is 65.7 Å². The van der Waals surface area contributed by atoms with E-state index in [1.807, 2.05) is 12.2 Å². The Balaban J connectivity index is 4.44. The molecule has 0 saturated heterocycles. The largest absolute Gasteiger partial charge is 0.472 e. The Morgan fingerprint density at radius 2 is 1.02 bits per heavy atom. The summed E-state index contributed by atoms with van der Waals surface area (Å²) in [6.45, 7) is 2.24. The Morgan fingerprint density at radius 3 is 1.55 bits per heavy atom. The van der Waals surface area contributed by atoms with Crippen molar-refractivity contribution >= 4 is 19.8 Å². The molecule has 0 aromatic rings.